The van der Waals surface area contributed by atoms with Crippen LogP contribution in [0.15, 0.2) is 42.5 Å². The lowest BCUT2D eigenvalue weighted by molar-refractivity contribution is -0.124. The summed E-state index contributed by atoms with van der Waals surface area (Å²) in [6.45, 7) is -3.13. The summed E-state index contributed by atoms with van der Waals surface area (Å²) in [6.07, 6.45) is 0.416. The lowest BCUT2D eigenvalue weighted by Gasteiger charge is -2.12. The van der Waals surface area contributed by atoms with E-state index in [1.165, 1.54) is 25.3 Å². The van der Waals surface area contributed by atoms with Crippen molar-refractivity contribution in [2.75, 3.05) is 20.3 Å². The molecule has 2 rings (SSSR count). The third-order valence-corrected chi connectivity index (χ3v) is 3.81. The van der Waals surface area contributed by atoms with Gasteiger partial charge in [-0.05, 0) is 42.3 Å². The van der Waals surface area contributed by atoms with E-state index >= 15 is 0 Å². The molecule has 0 aromatic heterocycles. The van der Waals surface area contributed by atoms with Crippen molar-refractivity contribution in [1.82, 2.24) is 5.32 Å². The van der Waals surface area contributed by atoms with Crippen LogP contribution in [0.25, 0.3) is 0 Å². The fraction of sp³-hybridized carbons (Fsp3) is 0.263. The van der Waals surface area contributed by atoms with Crippen LogP contribution in [0, 0.1) is 0 Å². The molecule has 0 aliphatic heterocycles. The van der Waals surface area contributed by atoms with Crippen LogP contribution in [0.1, 0.15) is 15.9 Å². The highest BCUT2D eigenvalue weighted by molar-refractivity contribution is 6.30. The van der Waals surface area contributed by atoms with Crippen molar-refractivity contribution in [3.05, 3.63) is 58.6 Å². The Morgan fingerprint density at radius 2 is 1.93 bits per heavy atom. The SMILES string of the molecule is COc1cc(CCNC(=O)COC(=O)c2cccc(Cl)c2)ccc1OC(F)F. The largest absolute Gasteiger partial charge is 0.493 e. The van der Waals surface area contributed by atoms with E-state index in [4.69, 9.17) is 21.1 Å². The predicted octanol–water partition coefficient (Wildman–Crippen LogP) is 3.47. The van der Waals surface area contributed by atoms with E-state index in [2.05, 4.69) is 10.1 Å². The van der Waals surface area contributed by atoms with E-state index in [-0.39, 0.29) is 23.6 Å². The molecule has 2 aromatic carbocycles. The Kier molecular flexibility index (Phi) is 8.01. The first-order chi connectivity index (χ1) is 13.4. The molecular weight excluding hydrogens is 396 g/mol. The maximum atomic E-state index is 12.3. The minimum atomic E-state index is -2.95. The van der Waals surface area contributed by atoms with E-state index in [1.54, 1.807) is 24.3 Å². The maximum Gasteiger partial charge on any atom is 0.387 e. The fourth-order valence-corrected chi connectivity index (χ4v) is 2.48. The zero-order chi connectivity index (χ0) is 20.5. The van der Waals surface area contributed by atoms with E-state index in [0.717, 1.165) is 5.56 Å². The number of carbonyl (C=O) groups is 2. The van der Waals surface area contributed by atoms with Gasteiger partial charge < -0.3 is 19.5 Å². The molecule has 28 heavy (non-hydrogen) atoms. The molecule has 1 N–H and O–H groups in total. The van der Waals surface area contributed by atoms with Crippen molar-refractivity contribution >= 4 is 23.5 Å². The van der Waals surface area contributed by atoms with Gasteiger partial charge in [-0.25, -0.2) is 4.79 Å². The van der Waals surface area contributed by atoms with Crippen molar-refractivity contribution in [1.29, 1.82) is 0 Å². The Bertz CT molecular complexity index is 832. The normalized spacial score (nSPS) is 10.5. The number of hydrogen-bond acceptors (Lipinski definition) is 5. The summed E-state index contributed by atoms with van der Waals surface area (Å²) in [7, 11) is 1.34. The second-order valence-electron chi connectivity index (χ2n) is 5.55. The summed E-state index contributed by atoms with van der Waals surface area (Å²) >= 11 is 5.79. The summed E-state index contributed by atoms with van der Waals surface area (Å²) in [5.41, 5.74) is 0.994. The fourth-order valence-electron chi connectivity index (χ4n) is 2.29. The van der Waals surface area contributed by atoms with Gasteiger partial charge in [-0.3, -0.25) is 4.79 Å². The summed E-state index contributed by atoms with van der Waals surface area (Å²) in [5, 5.41) is 2.99. The van der Waals surface area contributed by atoms with Crippen molar-refractivity contribution < 1.29 is 32.6 Å². The molecule has 2 aromatic rings. The van der Waals surface area contributed by atoms with Crippen LogP contribution >= 0.6 is 11.6 Å². The molecule has 0 saturated carbocycles. The number of benzene rings is 2. The third kappa shape index (κ3) is 6.70. The molecule has 0 spiro atoms. The number of ether oxygens (including phenoxy) is 3. The van der Waals surface area contributed by atoms with Crippen LogP contribution in [0.3, 0.4) is 0 Å². The van der Waals surface area contributed by atoms with Gasteiger partial charge in [0, 0.05) is 11.6 Å². The van der Waals surface area contributed by atoms with Crippen LogP contribution in [-0.4, -0.2) is 38.7 Å². The molecule has 0 aliphatic rings. The van der Waals surface area contributed by atoms with Crippen molar-refractivity contribution in [3.63, 3.8) is 0 Å². The summed E-state index contributed by atoms with van der Waals surface area (Å²) in [6, 6.07) is 10.7. The number of halogens is 3. The van der Waals surface area contributed by atoms with Crippen LogP contribution in [0.4, 0.5) is 8.78 Å². The number of hydrogen-bond donors (Lipinski definition) is 1. The van der Waals surface area contributed by atoms with E-state index < -0.39 is 25.1 Å². The van der Waals surface area contributed by atoms with Gasteiger partial charge in [0.25, 0.3) is 5.91 Å². The molecule has 0 saturated heterocycles. The highest BCUT2D eigenvalue weighted by Crippen LogP contribution is 2.29. The second kappa shape index (κ2) is 10.5. The Morgan fingerprint density at radius 3 is 2.61 bits per heavy atom. The third-order valence-electron chi connectivity index (χ3n) is 3.57. The first kappa shape index (κ1) is 21.4. The molecular formula is C19H18ClF2NO5. The van der Waals surface area contributed by atoms with Gasteiger partial charge in [-0.2, -0.15) is 8.78 Å². The first-order valence-electron chi connectivity index (χ1n) is 8.20. The van der Waals surface area contributed by atoms with Gasteiger partial charge in [-0.1, -0.05) is 23.7 Å². The molecule has 0 heterocycles. The lowest BCUT2D eigenvalue weighted by atomic mass is 10.1. The molecule has 150 valence electrons. The molecule has 9 heteroatoms. The number of amides is 1. The maximum absolute atomic E-state index is 12.3. The van der Waals surface area contributed by atoms with Gasteiger partial charge in [-0.15, -0.1) is 0 Å². The van der Waals surface area contributed by atoms with Gasteiger partial charge in [0.2, 0.25) is 0 Å². The second-order valence-corrected chi connectivity index (χ2v) is 5.99. The van der Waals surface area contributed by atoms with E-state index in [1.807, 2.05) is 0 Å². The highest BCUT2D eigenvalue weighted by Gasteiger charge is 2.12. The standard InChI is InChI=1S/C19H18ClF2NO5/c1-26-16-9-12(5-6-15(16)28-19(21)22)7-8-23-17(24)11-27-18(25)13-3-2-4-14(20)10-13/h2-6,9-10,19H,7-8,11H2,1H3,(H,23,24). The first-order valence-corrected chi connectivity index (χ1v) is 8.58. The predicted molar refractivity (Wildman–Crippen MR) is 98.1 cm³/mol. The number of alkyl halides is 2. The monoisotopic (exact) mass is 413 g/mol. The number of carbonyl (C=O) groups excluding carboxylic acids is 2. The molecule has 6 nitrogen and oxygen atoms in total. The van der Waals surface area contributed by atoms with Gasteiger partial charge in [0.05, 0.1) is 12.7 Å². The summed E-state index contributed by atoms with van der Waals surface area (Å²) in [5.74, 6) is -1.03. The number of methoxy groups -OCH3 is 1. The minimum Gasteiger partial charge on any atom is -0.493 e. The zero-order valence-electron chi connectivity index (χ0n) is 14.9. The Labute approximate surface area is 165 Å². The summed E-state index contributed by atoms with van der Waals surface area (Å²) < 4.78 is 38.9. The lowest BCUT2D eigenvalue weighted by Crippen LogP contribution is -2.30. The molecule has 1 amide bonds. The molecule has 0 unspecified atom stereocenters. The van der Waals surface area contributed by atoms with Crippen molar-refractivity contribution in [3.8, 4) is 11.5 Å². The Balaban J connectivity index is 1.78. The van der Waals surface area contributed by atoms with Crippen molar-refractivity contribution in [2.45, 2.75) is 13.0 Å². The average Bonchev–Trinajstić information content (AvgIpc) is 2.66. The smallest absolute Gasteiger partial charge is 0.387 e. The quantitative estimate of drug-likeness (QED) is 0.637. The van der Waals surface area contributed by atoms with Crippen LogP contribution < -0.4 is 14.8 Å². The van der Waals surface area contributed by atoms with Crippen LogP contribution in [-0.2, 0) is 16.0 Å². The number of nitrogens with one attached hydrogen (secondary N) is 1. The van der Waals surface area contributed by atoms with Crippen molar-refractivity contribution in [2.24, 2.45) is 0 Å². The molecule has 0 bridgehead atoms. The molecule has 0 radical (unpaired) electrons. The van der Waals surface area contributed by atoms with Crippen LogP contribution in [0.5, 0.6) is 11.5 Å². The van der Waals surface area contributed by atoms with E-state index in [9.17, 15) is 18.4 Å². The number of esters is 1. The number of rotatable bonds is 9. The molecule has 0 fully saturated rings. The average molecular weight is 414 g/mol. The van der Waals surface area contributed by atoms with Gasteiger partial charge in [0.1, 0.15) is 0 Å². The highest BCUT2D eigenvalue weighted by atomic mass is 35.5. The van der Waals surface area contributed by atoms with Gasteiger partial charge >= 0.3 is 12.6 Å². The van der Waals surface area contributed by atoms with Gasteiger partial charge in [0.15, 0.2) is 18.1 Å². The van der Waals surface area contributed by atoms with Crippen LogP contribution in [0.2, 0.25) is 5.02 Å². The topological polar surface area (TPSA) is 73.9 Å². The molecule has 0 atom stereocenters. The summed E-state index contributed by atoms with van der Waals surface area (Å²) in [4.78, 5) is 23.6. The van der Waals surface area contributed by atoms with E-state index in [0.29, 0.717) is 11.4 Å². The zero-order valence-corrected chi connectivity index (χ0v) is 15.7. The molecule has 0 aliphatic carbocycles. The minimum absolute atomic E-state index is 0.0711. The Morgan fingerprint density at radius 1 is 1.14 bits per heavy atom. The Hall–Kier alpha value is -2.87.